The van der Waals surface area contributed by atoms with Crippen LogP contribution in [0.3, 0.4) is 0 Å². The number of benzene rings is 1. The van der Waals surface area contributed by atoms with Crippen molar-refractivity contribution in [1.82, 2.24) is 10.3 Å². The Balaban J connectivity index is 2.01. The van der Waals surface area contributed by atoms with E-state index in [4.69, 9.17) is 16.3 Å². The van der Waals surface area contributed by atoms with E-state index in [1.165, 1.54) is 6.92 Å². The summed E-state index contributed by atoms with van der Waals surface area (Å²) in [6, 6.07) is 8.33. The molecule has 0 saturated carbocycles. The lowest BCUT2D eigenvalue weighted by Gasteiger charge is -2.13. The van der Waals surface area contributed by atoms with Gasteiger partial charge in [0.1, 0.15) is 5.15 Å². The summed E-state index contributed by atoms with van der Waals surface area (Å²) in [5, 5.41) is 2.83. The molecule has 1 aromatic carbocycles. The smallest absolute Gasteiger partial charge is 0.342 e. The molecule has 0 radical (unpaired) electrons. The summed E-state index contributed by atoms with van der Waals surface area (Å²) in [5.74, 6) is -1.15. The van der Waals surface area contributed by atoms with Crippen LogP contribution >= 0.6 is 11.6 Å². The Morgan fingerprint density at radius 1 is 1.19 bits per heavy atom. The Labute approximate surface area is 162 Å². The van der Waals surface area contributed by atoms with Crippen LogP contribution in [-0.2, 0) is 9.53 Å². The molecule has 1 N–H and O–H groups in total. The number of aryl methyl sites for hydroxylation is 2. The zero-order chi connectivity index (χ0) is 20.1. The predicted octanol–water partition coefficient (Wildman–Crippen LogP) is 3.59. The van der Waals surface area contributed by atoms with E-state index in [1.54, 1.807) is 44.2 Å². The van der Waals surface area contributed by atoms with Crippen LogP contribution < -0.4 is 5.32 Å². The number of amides is 1. The standard InChI is InChI=1S/C20H21ClN2O4/c1-11-9-12(2)22-19(21)18(11)20(26)27-10-17(25)16-7-5-15(6-8-16)13(3)23-14(4)24/h5-9,13H,10H2,1-4H3,(H,23,24)/t13-/m0/s1. The van der Waals surface area contributed by atoms with Crippen molar-refractivity contribution in [3.05, 3.63) is 63.4 Å². The van der Waals surface area contributed by atoms with Gasteiger partial charge in [-0.25, -0.2) is 9.78 Å². The van der Waals surface area contributed by atoms with Gasteiger partial charge in [0.15, 0.2) is 12.4 Å². The van der Waals surface area contributed by atoms with Crippen LogP contribution in [0.25, 0.3) is 0 Å². The minimum atomic E-state index is -0.686. The molecular weight excluding hydrogens is 368 g/mol. The molecule has 0 aliphatic rings. The van der Waals surface area contributed by atoms with Crippen LogP contribution in [0.2, 0.25) is 5.15 Å². The number of aromatic nitrogens is 1. The summed E-state index contributed by atoms with van der Waals surface area (Å²) < 4.78 is 5.11. The molecule has 1 heterocycles. The van der Waals surface area contributed by atoms with Crippen molar-refractivity contribution in [1.29, 1.82) is 0 Å². The first-order valence-corrected chi connectivity index (χ1v) is 8.78. The molecule has 2 aromatic rings. The summed E-state index contributed by atoms with van der Waals surface area (Å²) in [6.45, 7) is 6.40. The first-order valence-electron chi connectivity index (χ1n) is 8.40. The number of ether oxygens (including phenoxy) is 1. The van der Waals surface area contributed by atoms with Crippen molar-refractivity contribution in [2.45, 2.75) is 33.7 Å². The molecule has 1 amide bonds. The number of carbonyl (C=O) groups excluding carboxylic acids is 3. The lowest BCUT2D eigenvalue weighted by Crippen LogP contribution is -2.23. The number of Topliss-reactive ketones (excluding diaryl/α,β-unsaturated/α-hetero) is 1. The molecule has 0 spiro atoms. The van der Waals surface area contributed by atoms with Gasteiger partial charge in [-0.15, -0.1) is 0 Å². The monoisotopic (exact) mass is 388 g/mol. The lowest BCUT2D eigenvalue weighted by molar-refractivity contribution is -0.119. The number of hydrogen-bond acceptors (Lipinski definition) is 5. The fourth-order valence-corrected chi connectivity index (χ4v) is 3.03. The highest BCUT2D eigenvalue weighted by atomic mass is 35.5. The van der Waals surface area contributed by atoms with Gasteiger partial charge in [0.25, 0.3) is 0 Å². The number of pyridine rings is 1. The molecule has 1 aromatic heterocycles. The Kier molecular flexibility index (Phi) is 6.69. The molecule has 142 valence electrons. The van der Waals surface area contributed by atoms with E-state index in [0.717, 1.165) is 5.56 Å². The second-order valence-electron chi connectivity index (χ2n) is 6.29. The Hall–Kier alpha value is -2.73. The van der Waals surface area contributed by atoms with Gasteiger partial charge in [-0.3, -0.25) is 9.59 Å². The zero-order valence-electron chi connectivity index (χ0n) is 15.6. The van der Waals surface area contributed by atoms with E-state index in [1.807, 2.05) is 6.92 Å². The molecule has 0 bridgehead atoms. The molecule has 27 heavy (non-hydrogen) atoms. The summed E-state index contributed by atoms with van der Waals surface area (Å²) in [6.07, 6.45) is 0. The van der Waals surface area contributed by atoms with Crippen molar-refractivity contribution >= 4 is 29.3 Å². The van der Waals surface area contributed by atoms with Gasteiger partial charge in [-0.1, -0.05) is 35.9 Å². The Morgan fingerprint density at radius 2 is 1.81 bits per heavy atom. The molecule has 2 rings (SSSR count). The first kappa shape index (κ1) is 20.6. The van der Waals surface area contributed by atoms with Crippen molar-refractivity contribution in [2.24, 2.45) is 0 Å². The van der Waals surface area contributed by atoms with Crippen LogP contribution in [-0.4, -0.2) is 29.3 Å². The van der Waals surface area contributed by atoms with Gasteiger partial charge in [-0.2, -0.15) is 0 Å². The molecule has 6 nitrogen and oxygen atoms in total. The van der Waals surface area contributed by atoms with Gasteiger partial charge in [0, 0.05) is 18.2 Å². The topological polar surface area (TPSA) is 85.4 Å². The fraction of sp³-hybridized carbons (Fsp3) is 0.300. The van der Waals surface area contributed by atoms with Crippen molar-refractivity contribution in [3.63, 3.8) is 0 Å². The largest absolute Gasteiger partial charge is 0.454 e. The number of rotatable bonds is 6. The maximum atomic E-state index is 12.3. The molecule has 0 aliphatic carbocycles. The van der Waals surface area contributed by atoms with Gasteiger partial charge < -0.3 is 10.1 Å². The number of nitrogens with zero attached hydrogens (tertiary/aromatic N) is 1. The van der Waals surface area contributed by atoms with Gasteiger partial charge in [0.05, 0.1) is 11.6 Å². The molecule has 0 saturated heterocycles. The van der Waals surface area contributed by atoms with Crippen LogP contribution in [0.1, 0.15) is 57.4 Å². The lowest BCUT2D eigenvalue weighted by atomic mass is 10.0. The van der Waals surface area contributed by atoms with E-state index in [0.29, 0.717) is 16.8 Å². The number of nitrogens with one attached hydrogen (secondary N) is 1. The Bertz CT molecular complexity index is 855. The van der Waals surface area contributed by atoms with Crippen LogP contribution in [0.4, 0.5) is 0 Å². The van der Waals surface area contributed by atoms with Gasteiger partial charge in [0.2, 0.25) is 5.91 Å². The zero-order valence-corrected chi connectivity index (χ0v) is 16.4. The summed E-state index contributed by atoms with van der Waals surface area (Å²) in [5.41, 5.74) is 2.77. The van der Waals surface area contributed by atoms with Crippen molar-refractivity contribution in [2.75, 3.05) is 6.61 Å². The molecule has 7 heteroatoms. The van der Waals surface area contributed by atoms with Crippen molar-refractivity contribution < 1.29 is 19.1 Å². The molecule has 0 fully saturated rings. The number of hydrogen-bond donors (Lipinski definition) is 1. The number of ketones is 1. The quantitative estimate of drug-likeness (QED) is 0.464. The fourth-order valence-electron chi connectivity index (χ4n) is 2.67. The van der Waals surface area contributed by atoms with Gasteiger partial charge >= 0.3 is 5.97 Å². The average molecular weight is 389 g/mol. The predicted molar refractivity (Wildman–Crippen MR) is 102 cm³/mol. The third kappa shape index (κ3) is 5.37. The van der Waals surface area contributed by atoms with Crippen molar-refractivity contribution in [3.8, 4) is 0 Å². The maximum absolute atomic E-state index is 12.3. The van der Waals surface area contributed by atoms with Crippen LogP contribution in [0, 0.1) is 13.8 Å². The normalized spacial score (nSPS) is 11.6. The molecule has 0 unspecified atom stereocenters. The second-order valence-corrected chi connectivity index (χ2v) is 6.65. The third-order valence-corrected chi connectivity index (χ3v) is 4.26. The highest BCUT2D eigenvalue weighted by molar-refractivity contribution is 6.32. The third-order valence-electron chi connectivity index (χ3n) is 3.99. The average Bonchev–Trinajstić information content (AvgIpc) is 2.58. The summed E-state index contributed by atoms with van der Waals surface area (Å²) in [7, 11) is 0. The number of carbonyl (C=O) groups is 3. The van der Waals surface area contributed by atoms with E-state index < -0.39 is 12.6 Å². The van der Waals surface area contributed by atoms with E-state index >= 15 is 0 Å². The van der Waals surface area contributed by atoms with Crippen LogP contribution in [0.15, 0.2) is 30.3 Å². The first-order chi connectivity index (χ1) is 12.7. The SMILES string of the molecule is CC(=O)N[C@@H](C)c1ccc(C(=O)COC(=O)c2c(C)cc(C)nc2Cl)cc1. The highest BCUT2D eigenvalue weighted by Crippen LogP contribution is 2.20. The van der Waals surface area contributed by atoms with E-state index in [9.17, 15) is 14.4 Å². The Morgan fingerprint density at radius 3 is 2.37 bits per heavy atom. The van der Waals surface area contributed by atoms with Crippen LogP contribution in [0.5, 0.6) is 0 Å². The number of halogens is 1. The van der Waals surface area contributed by atoms with E-state index in [-0.39, 0.29) is 28.4 Å². The van der Waals surface area contributed by atoms with Gasteiger partial charge in [-0.05, 0) is 38.0 Å². The molecule has 1 atom stereocenters. The summed E-state index contributed by atoms with van der Waals surface area (Å²) in [4.78, 5) is 39.7. The highest BCUT2D eigenvalue weighted by Gasteiger charge is 2.19. The summed E-state index contributed by atoms with van der Waals surface area (Å²) >= 11 is 6.02. The molecular formula is C20H21ClN2O4. The molecule has 0 aliphatic heterocycles. The number of esters is 1. The minimum Gasteiger partial charge on any atom is -0.454 e. The minimum absolute atomic E-state index is 0.0567. The maximum Gasteiger partial charge on any atom is 0.342 e. The second kappa shape index (κ2) is 8.77. The van der Waals surface area contributed by atoms with E-state index in [2.05, 4.69) is 10.3 Å².